The molecule has 2 N–H and O–H groups in total. The standard InChI is InChI=1S/C8H11.H2O.Rh/c1-2-4-6-8-7-5-3-1;;/h1-2,7H,3-6H2;1H2;/q-1;;. The van der Waals surface area contributed by atoms with Crippen LogP contribution in [-0.4, -0.2) is 5.48 Å². The van der Waals surface area contributed by atoms with Gasteiger partial charge in [0, 0.05) is 19.5 Å². The summed E-state index contributed by atoms with van der Waals surface area (Å²) in [5, 5.41) is 0. The fraction of sp³-hybridized carbons (Fsp3) is 0.500. The number of hydrogen-bond acceptors (Lipinski definition) is 0. The molecule has 1 aliphatic carbocycles. The van der Waals surface area contributed by atoms with Gasteiger partial charge in [-0.25, -0.2) is 0 Å². The maximum atomic E-state index is 3.21. The van der Waals surface area contributed by atoms with E-state index in [9.17, 15) is 0 Å². The van der Waals surface area contributed by atoms with Gasteiger partial charge in [0.25, 0.3) is 0 Å². The Morgan fingerprint density at radius 2 is 1.70 bits per heavy atom. The van der Waals surface area contributed by atoms with Crippen molar-refractivity contribution < 1.29 is 25.0 Å². The summed E-state index contributed by atoms with van der Waals surface area (Å²) in [5.41, 5.74) is 0. The van der Waals surface area contributed by atoms with Gasteiger partial charge in [-0.3, -0.25) is 6.08 Å². The van der Waals surface area contributed by atoms with Gasteiger partial charge in [0.2, 0.25) is 0 Å². The first kappa shape index (κ1) is 12.7. The molecule has 61 valence electrons. The molecule has 0 saturated carbocycles. The molecule has 0 amide bonds. The molecular formula is C8H13ORh-. The van der Waals surface area contributed by atoms with Crippen LogP contribution in [0.15, 0.2) is 18.2 Å². The maximum absolute atomic E-state index is 3.21. The maximum Gasteiger partial charge on any atom is 0 e. The van der Waals surface area contributed by atoms with E-state index in [4.69, 9.17) is 0 Å². The van der Waals surface area contributed by atoms with Gasteiger partial charge < -0.3 is 11.6 Å². The molecule has 1 aliphatic rings. The molecule has 0 aromatic carbocycles. The van der Waals surface area contributed by atoms with Crippen molar-refractivity contribution in [1.82, 2.24) is 0 Å². The van der Waals surface area contributed by atoms with Crippen LogP contribution in [0.5, 0.6) is 0 Å². The first-order chi connectivity index (χ1) is 4.00. The molecular weight excluding hydrogens is 215 g/mol. The summed E-state index contributed by atoms with van der Waals surface area (Å²) < 4.78 is 0. The normalized spacial score (nSPS) is 16.0. The predicted molar refractivity (Wildman–Crippen MR) is 39.0 cm³/mol. The molecule has 0 saturated heterocycles. The van der Waals surface area contributed by atoms with Crippen LogP contribution in [0.4, 0.5) is 0 Å². The van der Waals surface area contributed by atoms with Gasteiger partial charge in [0.15, 0.2) is 0 Å². The Balaban J connectivity index is 0. The Labute approximate surface area is 75.3 Å². The minimum Gasteiger partial charge on any atom is -0.500 e. The van der Waals surface area contributed by atoms with Crippen molar-refractivity contribution in [3.63, 3.8) is 0 Å². The summed E-state index contributed by atoms with van der Waals surface area (Å²) >= 11 is 0. The second-order valence-electron chi connectivity index (χ2n) is 2.00. The Hall–Kier alpha value is 0.0634. The molecule has 0 aromatic rings. The monoisotopic (exact) mass is 228 g/mol. The number of rotatable bonds is 0. The van der Waals surface area contributed by atoms with E-state index in [1.165, 1.54) is 19.3 Å². The molecule has 0 fully saturated rings. The van der Waals surface area contributed by atoms with Crippen molar-refractivity contribution in [2.45, 2.75) is 25.7 Å². The topological polar surface area (TPSA) is 31.5 Å². The van der Waals surface area contributed by atoms with Gasteiger partial charge in [-0.15, -0.1) is 0 Å². The summed E-state index contributed by atoms with van der Waals surface area (Å²) in [6.07, 6.45) is 14.5. The summed E-state index contributed by atoms with van der Waals surface area (Å²) in [5.74, 6) is 0. The minimum atomic E-state index is 0. The van der Waals surface area contributed by atoms with Gasteiger partial charge in [0.1, 0.15) is 0 Å². The van der Waals surface area contributed by atoms with Gasteiger partial charge in [0.05, 0.1) is 0 Å². The second-order valence-corrected chi connectivity index (χ2v) is 2.00. The van der Waals surface area contributed by atoms with Crippen LogP contribution in [0.25, 0.3) is 0 Å². The van der Waals surface area contributed by atoms with E-state index >= 15 is 0 Å². The van der Waals surface area contributed by atoms with E-state index in [-0.39, 0.29) is 25.0 Å². The Bertz CT molecular complexity index is 81.8. The Morgan fingerprint density at radius 3 is 2.50 bits per heavy atom. The van der Waals surface area contributed by atoms with Crippen molar-refractivity contribution in [2.24, 2.45) is 0 Å². The van der Waals surface area contributed by atoms with Gasteiger partial charge in [-0.2, -0.15) is 6.42 Å². The molecule has 10 heavy (non-hydrogen) atoms. The van der Waals surface area contributed by atoms with Crippen molar-refractivity contribution >= 4 is 0 Å². The fourth-order valence-electron chi connectivity index (χ4n) is 0.786. The van der Waals surface area contributed by atoms with Crippen LogP contribution in [0.3, 0.4) is 0 Å². The first-order valence-corrected chi connectivity index (χ1v) is 3.20. The third-order valence-electron chi connectivity index (χ3n) is 1.24. The van der Waals surface area contributed by atoms with Crippen LogP contribution in [0.2, 0.25) is 0 Å². The zero-order chi connectivity index (χ0) is 5.66. The van der Waals surface area contributed by atoms with Gasteiger partial charge in [-0.05, 0) is 6.42 Å². The van der Waals surface area contributed by atoms with E-state index in [1.54, 1.807) is 0 Å². The van der Waals surface area contributed by atoms with Crippen LogP contribution >= 0.6 is 0 Å². The number of allylic oxidation sites excluding steroid dienone is 4. The molecule has 0 aromatic heterocycles. The van der Waals surface area contributed by atoms with Crippen molar-refractivity contribution in [1.29, 1.82) is 0 Å². The van der Waals surface area contributed by atoms with Crippen molar-refractivity contribution in [2.75, 3.05) is 0 Å². The van der Waals surface area contributed by atoms with Crippen molar-refractivity contribution in [3.8, 4) is 0 Å². The quantitative estimate of drug-likeness (QED) is 0.343. The van der Waals surface area contributed by atoms with E-state index in [0.717, 1.165) is 6.42 Å². The average Bonchev–Trinajstić information content (AvgIpc) is 1.62. The third-order valence-corrected chi connectivity index (χ3v) is 1.24. The van der Waals surface area contributed by atoms with Gasteiger partial charge in [-0.1, -0.05) is 25.0 Å². The summed E-state index contributed by atoms with van der Waals surface area (Å²) in [6.45, 7) is 0. The van der Waals surface area contributed by atoms with Crippen LogP contribution in [0.1, 0.15) is 25.7 Å². The second kappa shape index (κ2) is 9.06. The van der Waals surface area contributed by atoms with Crippen LogP contribution in [0, 0.1) is 6.08 Å². The fourth-order valence-corrected chi connectivity index (χ4v) is 0.786. The summed E-state index contributed by atoms with van der Waals surface area (Å²) in [4.78, 5) is 0. The van der Waals surface area contributed by atoms with Crippen LogP contribution in [-0.2, 0) is 19.5 Å². The SMILES string of the molecule is O.[C-]1=CCCC=CCC1.[Rh]. The van der Waals surface area contributed by atoms with E-state index in [2.05, 4.69) is 24.3 Å². The smallest absolute Gasteiger partial charge is 0 e. The molecule has 0 bridgehead atoms. The van der Waals surface area contributed by atoms with Crippen LogP contribution < -0.4 is 0 Å². The third kappa shape index (κ3) is 6.19. The molecule has 1 rings (SSSR count). The van der Waals surface area contributed by atoms with Crippen molar-refractivity contribution in [3.05, 3.63) is 24.3 Å². The minimum absolute atomic E-state index is 0. The molecule has 0 aliphatic heterocycles. The Morgan fingerprint density at radius 1 is 1.00 bits per heavy atom. The van der Waals surface area contributed by atoms with Gasteiger partial charge >= 0.3 is 0 Å². The molecule has 0 heterocycles. The molecule has 0 atom stereocenters. The largest absolute Gasteiger partial charge is 0.500 e. The molecule has 2 heteroatoms. The Kier molecular flexibility index (Phi) is 11.5. The summed E-state index contributed by atoms with van der Waals surface area (Å²) in [6, 6.07) is 0. The van der Waals surface area contributed by atoms with E-state index in [0.29, 0.717) is 0 Å². The summed E-state index contributed by atoms with van der Waals surface area (Å²) in [7, 11) is 0. The molecule has 1 radical (unpaired) electrons. The predicted octanol–water partition coefficient (Wildman–Crippen LogP) is 1.65. The van der Waals surface area contributed by atoms with E-state index in [1.807, 2.05) is 0 Å². The average molecular weight is 228 g/mol. The molecule has 0 unspecified atom stereocenters. The number of hydrogen-bond donors (Lipinski definition) is 0. The first-order valence-electron chi connectivity index (χ1n) is 3.20. The zero-order valence-corrected chi connectivity index (χ0v) is 7.53. The molecule has 0 spiro atoms. The van der Waals surface area contributed by atoms with E-state index < -0.39 is 0 Å². The zero-order valence-electron chi connectivity index (χ0n) is 5.89. The molecule has 1 nitrogen and oxygen atoms in total.